The third-order valence-corrected chi connectivity index (χ3v) is 6.15. The molecule has 1 unspecified atom stereocenters. The van der Waals surface area contributed by atoms with Gasteiger partial charge in [0.2, 0.25) is 5.91 Å². The number of aromatic amines is 1. The summed E-state index contributed by atoms with van der Waals surface area (Å²) in [7, 11) is 0. The average Bonchev–Trinajstić information content (AvgIpc) is 3.12. The molecule has 27 heavy (non-hydrogen) atoms. The Hall–Kier alpha value is -2.37. The van der Waals surface area contributed by atoms with Crippen LogP contribution in [0.1, 0.15) is 55.9 Å². The number of rotatable bonds is 4. The molecule has 3 heterocycles. The van der Waals surface area contributed by atoms with Gasteiger partial charge < -0.3 is 9.80 Å². The summed E-state index contributed by atoms with van der Waals surface area (Å²) in [5.74, 6) is 0.277. The topological polar surface area (TPSA) is 69.3 Å². The fraction of sp³-hybridized carbons (Fsp3) is 0.571. The van der Waals surface area contributed by atoms with Crippen LogP contribution in [0, 0.1) is 5.41 Å². The van der Waals surface area contributed by atoms with Crippen LogP contribution in [0.3, 0.4) is 0 Å². The molecule has 1 spiro atoms. The second-order valence-corrected chi connectivity index (χ2v) is 8.12. The molecule has 0 bridgehead atoms. The molecule has 2 saturated heterocycles. The van der Waals surface area contributed by atoms with Crippen LogP contribution in [0.15, 0.2) is 24.3 Å². The van der Waals surface area contributed by atoms with Crippen molar-refractivity contribution in [3.05, 3.63) is 30.0 Å². The highest BCUT2D eigenvalue weighted by atomic mass is 16.2. The zero-order valence-corrected chi connectivity index (χ0v) is 16.0. The number of nitrogens with one attached hydrogen (secondary N) is 1. The number of para-hydroxylation sites is 1. The van der Waals surface area contributed by atoms with Gasteiger partial charge in [-0.1, -0.05) is 31.5 Å². The number of carbonyl (C=O) groups is 2. The molecule has 2 fully saturated rings. The van der Waals surface area contributed by atoms with Gasteiger partial charge in [0, 0.05) is 43.4 Å². The van der Waals surface area contributed by atoms with E-state index in [1.807, 2.05) is 34.1 Å². The lowest BCUT2D eigenvalue weighted by Gasteiger charge is -2.48. The van der Waals surface area contributed by atoms with Crippen molar-refractivity contribution in [3.63, 3.8) is 0 Å². The lowest BCUT2D eigenvalue weighted by Crippen LogP contribution is -2.55. The maximum atomic E-state index is 13.2. The predicted octanol–water partition coefficient (Wildman–Crippen LogP) is 3.21. The van der Waals surface area contributed by atoms with Gasteiger partial charge in [-0.3, -0.25) is 14.7 Å². The summed E-state index contributed by atoms with van der Waals surface area (Å²) in [5.41, 5.74) is 1.45. The molecule has 6 nitrogen and oxygen atoms in total. The molecule has 2 aliphatic heterocycles. The van der Waals surface area contributed by atoms with E-state index in [-0.39, 0.29) is 17.2 Å². The Morgan fingerprint density at radius 3 is 2.96 bits per heavy atom. The SMILES string of the molecule is CCCCN1CC2(CCCN(C(=O)c3n[nH]c4ccccc34)C2)CCC1=O. The highest BCUT2D eigenvalue weighted by Crippen LogP contribution is 2.39. The van der Waals surface area contributed by atoms with Crippen LogP contribution in [0.4, 0.5) is 0 Å². The van der Waals surface area contributed by atoms with E-state index < -0.39 is 0 Å². The van der Waals surface area contributed by atoms with Crippen molar-refractivity contribution in [2.75, 3.05) is 26.2 Å². The number of fused-ring (bicyclic) bond motifs is 1. The van der Waals surface area contributed by atoms with Crippen molar-refractivity contribution in [1.82, 2.24) is 20.0 Å². The zero-order valence-electron chi connectivity index (χ0n) is 16.0. The minimum atomic E-state index is 0.00327. The average molecular weight is 368 g/mol. The van der Waals surface area contributed by atoms with Crippen molar-refractivity contribution in [3.8, 4) is 0 Å². The second-order valence-electron chi connectivity index (χ2n) is 8.12. The third kappa shape index (κ3) is 3.45. The van der Waals surface area contributed by atoms with Crippen molar-refractivity contribution in [2.24, 2.45) is 5.41 Å². The van der Waals surface area contributed by atoms with Crippen LogP contribution in [0.5, 0.6) is 0 Å². The first-order valence-electron chi connectivity index (χ1n) is 10.1. The highest BCUT2D eigenvalue weighted by molar-refractivity contribution is 6.04. The van der Waals surface area contributed by atoms with Crippen LogP contribution in [-0.4, -0.2) is 58.0 Å². The summed E-state index contributed by atoms with van der Waals surface area (Å²) in [5, 5.41) is 8.14. The Bertz CT molecular complexity index is 846. The molecule has 1 atom stereocenters. The molecule has 6 heteroatoms. The maximum Gasteiger partial charge on any atom is 0.275 e. The largest absolute Gasteiger partial charge is 0.342 e. The van der Waals surface area contributed by atoms with E-state index in [0.717, 1.165) is 69.2 Å². The zero-order chi connectivity index (χ0) is 18.9. The van der Waals surface area contributed by atoms with Crippen LogP contribution >= 0.6 is 0 Å². The fourth-order valence-corrected chi connectivity index (χ4v) is 4.65. The van der Waals surface area contributed by atoms with Crippen molar-refractivity contribution < 1.29 is 9.59 Å². The Morgan fingerprint density at radius 2 is 2.11 bits per heavy atom. The lowest BCUT2D eigenvalue weighted by molar-refractivity contribution is -0.139. The van der Waals surface area contributed by atoms with E-state index in [1.54, 1.807) is 0 Å². The normalized spacial score (nSPS) is 23.4. The van der Waals surface area contributed by atoms with Gasteiger partial charge in [-0.25, -0.2) is 0 Å². The Balaban J connectivity index is 1.52. The van der Waals surface area contributed by atoms with Crippen molar-refractivity contribution in [1.29, 1.82) is 0 Å². The molecule has 2 aromatic rings. The van der Waals surface area contributed by atoms with Gasteiger partial charge in [0.15, 0.2) is 5.69 Å². The molecule has 4 rings (SSSR count). The van der Waals surface area contributed by atoms with Crippen LogP contribution in [0.25, 0.3) is 10.9 Å². The van der Waals surface area contributed by atoms with Gasteiger partial charge in [0.05, 0.1) is 5.52 Å². The smallest absolute Gasteiger partial charge is 0.275 e. The number of unbranched alkanes of at least 4 members (excludes halogenated alkanes) is 1. The Kier molecular flexibility index (Phi) is 4.89. The van der Waals surface area contributed by atoms with E-state index in [1.165, 1.54) is 0 Å². The number of likely N-dealkylation sites (tertiary alicyclic amines) is 2. The molecule has 0 aliphatic carbocycles. The number of aromatic nitrogens is 2. The summed E-state index contributed by atoms with van der Waals surface area (Å²) in [6.07, 6.45) is 5.71. The van der Waals surface area contributed by atoms with Crippen molar-refractivity contribution >= 4 is 22.7 Å². The lowest BCUT2D eigenvalue weighted by atomic mass is 9.73. The van der Waals surface area contributed by atoms with Gasteiger partial charge >= 0.3 is 0 Å². The first kappa shape index (κ1) is 18.0. The second kappa shape index (κ2) is 7.33. The summed E-state index contributed by atoms with van der Waals surface area (Å²) < 4.78 is 0. The number of amides is 2. The number of hydrogen-bond acceptors (Lipinski definition) is 3. The first-order valence-corrected chi connectivity index (χ1v) is 10.1. The number of H-pyrrole nitrogens is 1. The number of carbonyl (C=O) groups excluding carboxylic acids is 2. The third-order valence-electron chi connectivity index (χ3n) is 6.15. The Morgan fingerprint density at radius 1 is 1.26 bits per heavy atom. The van der Waals surface area contributed by atoms with Gasteiger partial charge in [-0.15, -0.1) is 0 Å². The number of hydrogen-bond donors (Lipinski definition) is 1. The molecule has 144 valence electrons. The summed E-state index contributed by atoms with van der Waals surface area (Å²) >= 11 is 0. The fourth-order valence-electron chi connectivity index (χ4n) is 4.65. The molecule has 2 aliphatic rings. The number of nitrogens with zero attached hydrogens (tertiary/aromatic N) is 3. The van der Waals surface area contributed by atoms with Crippen LogP contribution in [0.2, 0.25) is 0 Å². The van der Waals surface area contributed by atoms with E-state index in [2.05, 4.69) is 17.1 Å². The number of benzene rings is 1. The molecule has 0 radical (unpaired) electrons. The standard InChI is InChI=1S/C21H28N4O2/c1-2-3-12-24-14-21(11-9-18(24)26)10-6-13-25(15-21)20(27)19-16-7-4-5-8-17(16)22-23-19/h4-5,7-8H,2-3,6,9-15H2,1H3,(H,22,23). The van der Waals surface area contributed by atoms with Gasteiger partial charge in [0.1, 0.15) is 0 Å². The van der Waals surface area contributed by atoms with Crippen LogP contribution in [-0.2, 0) is 4.79 Å². The van der Waals surface area contributed by atoms with Gasteiger partial charge in [-0.05, 0) is 31.7 Å². The molecule has 1 aromatic carbocycles. The minimum absolute atomic E-state index is 0.00327. The molecule has 1 N–H and O–H groups in total. The minimum Gasteiger partial charge on any atom is -0.342 e. The quantitative estimate of drug-likeness (QED) is 0.901. The summed E-state index contributed by atoms with van der Waals surface area (Å²) in [6, 6.07) is 7.76. The van der Waals surface area contributed by atoms with Crippen molar-refractivity contribution in [2.45, 2.75) is 45.4 Å². The van der Waals surface area contributed by atoms with Crippen LogP contribution < -0.4 is 0 Å². The number of piperidine rings is 2. The van der Waals surface area contributed by atoms with Gasteiger partial charge in [-0.2, -0.15) is 5.10 Å². The molecule has 1 aromatic heterocycles. The van der Waals surface area contributed by atoms with E-state index >= 15 is 0 Å². The predicted molar refractivity (Wildman–Crippen MR) is 104 cm³/mol. The van der Waals surface area contributed by atoms with E-state index in [4.69, 9.17) is 0 Å². The molecule has 0 saturated carbocycles. The Labute approximate surface area is 159 Å². The van der Waals surface area contributed by atoms with E-state index in [0.29, 0.717) is 12.1 Å². The van der Waals surface area contributed by atoms with E-state index in [9.17, 15) is 9.59 Å². The first-order chi connectivity index (χ1) is 13.1. The van der Waals surface area contributed by atoms with Gasteiger partial charge in [0.25, 0.3) is 5.91 Å². The summed E-state index contributed by atoms with van der Waals surface area (Å²) in [4.78, 5) is 29.5. The molecule has 2 amide bonds. The monoisotopic (exact) mass is 368 g/mol. The molecular formula is C21H28N4O2. The molecular weight excluding hydrogens is 340 g/mol. The highest BCUT2D eigenvalue weighted by Gasteiger charge is 2.43. The summed E-state index contributed by atoms with van der Waals surface area (Å²) in [6.45, 7) is 5.28. The maximum absolute atomic E-state index is 13.2.